The topological polar surface area (TPSA) is 20.1 Å². The highest BCUT2D eigenvalue weighted by Crippen LogP contribution is 2.52. The lowest BCUT2D eigenvalue weighted by Gasteiger charge is -2.46. The zero-order valence-electron chi connectivity index (χ0n) is 20.8. The van der Waals surface area contributed by atoms with Crippen molar-refractivity contribution in [1.29, 1.82) is 0 Å². The molecule has 1 saturated carbocycles. The van der Waals surface area contributed by atoms with Crippen molar-refractivity contribution in [3.8, 4) is 0 Å². The standard InChI is InChI=1S/C30H39N3O/c1-23-12-14-27(15-13-23)33-21-24(22-33)20-32-18-16-26(17-19-32)30(31-2,25-8-5-4-6-9-25)28-10-7-11-29(28)34-3/h4-6,8-9,12-15,24,26,28-29H,7,10-11,16-22H2,1,3H3/t28-,29-,30+/m0/s1. The molecule has 2 heterocycles. The maximum Gasteiger partial charge on any atom is 0.265 e. The van der Waals surface area contributed by atoms with Crippen molar-refractivity contribution < 1.29 is 4.74 Å². The minimum Gasteiger partial charge on any atom is -0.381 e. The molecule has 3 aliphatic rings. The fourth-order valence-electron chi connectivity index (χ4n) is 6.98. The fourth-order valence-corrected chi connectivity index (χ4v) is 6.98. The molecular weight excluding hydrogens is 418 g/mol. The first-order valence-corrected chi connectivity index (χ1v) is 13.1. The summed E-state index contributed by atoms with van der Waals surface area (Å²) in [6, 6.07) is 19.6. The fraction of sp³-hybridized carbons (Fsp3) is 0.567. The Morgan fingerprint density at radius 1 is 0.971 bits per heavy atom. The van der Waals surface area contributed by atoms with Crippen LogP contribution in [0.15, 0.2) is 54.6 Å². The van der Waals surface area contributed by atoms with Gasteiger partial charge in [-0.15, -0.1) is 0 Å². The summed E-state index contributed by atoms with van der Waals surface area (Å²) in [4.78, 5) is 9.67. The molecule has 0 radical (unpaired) electrons. The molecular formula is C30H39N3O. The summed E-state index contributed by atoms with van der Waals surface area (Å²) in [5.41, 5.74) is 3.44. The summed E-state index contributed by atoms with van der Waals surface area (Å²) in [5.74, 6) is 1.45. The third-order valence-corrected chi connectivity index (χ3v) is 8.82. The predicted molar refractivity (Wildman–Crippen MR) is 139 cm³/mol. The molecule has 0 aromatic heterocycles. The summed E-state index contributed by atoms with van der Waals surface area (Å²) in [6.07, 6.45) is 5.79. The van der Waals surface area contributed by atoms with Crippen LogP contribution in [0, 0.1) is 31.2 Å². The number of hydrogen-bond acceptors (Lipinski definition) is 3. The molecule has 3 atom stereocenters. The zero-order chi connectivity index (χ0) is 23.5. The Morgan fingerprint density at radius 3 is 2.32 bits per heavy atom. The predicted octanol–water partition coefficient (Wildman–Crippen LogP) is 5.77. The lowest BCUT2D eigenvalue weighted by Crippen LogP contribution is -2.54. The lowest BCUT2D eigenvalue weighted by atomic mass is 9.65. The number of ether oxygens (including phenoxy) is 1. The smallest absolute Gasteiger partial charge is 0.265 e. The van der Waals surface area contributed by atoms with E-state index in [0.29, 0.717) is 11.8 Å². The van der Waals surface area contributed by atoms with Gasteiger partial charge in [-0.2, -0.15) is 0 Å². The molecule has 0 spiro atoms. The SMILES string of the molecule is [C-]#[N+][C@](c1ccccc1)(C1CCN(CC2CN(c3ccc(C)cc3)C2)CC1)[C@H]1CCC[C@@H]1OC. The normalized spacial score (nSPS) is 26.1. The molecule has 0 bridgehead atoms. The summed E-state index contributed by atoms with van der Waals surface area (Å²) < 4.78 is 5.93. The number of methoxy groups -OCH3 is 1. The maximum atomic E-state index is 8.48. The highest BCUT2D eigenvalue weighted by atomic mass is 16.5. The van der Waals surface area contributed by atoms with Crippen molar-refractivity contribution in [1.82, 2.24) is 4.90 Å². The number of piperidine rings is 1. The number of benzene rings is 2. The van der Waals surface area contributed by atoms with E-state index in [1.165, 1.54) is 29.8 Å². The molecule has 34 heavy (non-hydrogen) atoms. The molecule has 5 rings (SSSR count). The summed E-state index contributed by atoms with van der Waals surface area (Å²) in [6.45, 7) is 16.4. The second kappa shape index (κ2) is 10.1. The average molecular weight is 458 g/mol. The summed E-state index contributed by atoms with van der Waals surface area (Å²) in [7, 11) is 1.84. The van der Waals surface area contributed by atoms with Crippen LogP contribution in [0.3, 0.4) is 0 Å². The van der Waals surface area contributed by atoms with Gasteiger partial charge in [0, 0.05) is 49.8 Å². The molecule has 2 aromatic rings. The summed E-state index contributed by atoms with van der Waals surface area (Å²) >= 11 is 0. The van der Waals surface area contributed by atoms with E-state index in [4.69, 9.17) is 11.3 Å². The highest BCUT2D eigenvalue weighted by molar-refractivity contribution is 5.49. The molecule has 0 N–H and O–H groups in total. The van der Waals surface area contributed by atoms with E-state index in [0.717, 1.165) is 57.8 Å². The van der Waals surface area contributed by atoms with Crippen molar-refractivity contribution in [3.05, 3.63) is 77.1 Å². The van der Waals surface area contributed by atoms with Gasteiger partial charge in [0.15, 0.2) is 0 Å². The van der Waals surface area contributed by atoms with Crippen molar-refractivity contribution >= 4 is 5.69 Å². The molecule has 180 valence electrons. The molecule has 4 heteroatoms. The van der Waals surface area contributed by atoms with Crippen LogP contribution in [0.1, 0.15) is 43.2 Å². The lowest BCUT2D eigenvalue weighted by molar-refractivity contribution is 0.0157. The first-order valence-electron chi connectivity index (χ1n) is 13.1. The minimum atomic E-state index is -0.455. The molecule has 2 saturated heterocycles. The highest BCUT2D eigenvalue weighted by Gasteiger charge is 2.57. The number of nitrogens with zero attached hydrogens (tertiary/aromatic N) is 3. The van der Waals surface area contributed by atoms with Crippen molar-refractivity contribution in [2.24, 2.45) is 17.8 Å². The van der Waals surface area contributed by atoms with Gasteiger partial charge in [-0.25, -0.2) is 6.57 Å². The van der Waals surface area contributed by atoms with Gasteiger partial charge in [-0.1, -0.05) is 54.4 Å². The largest absolute Gasteiger partial charge is 0.381 e. The summed E-state index contributed by atoms with van der Waals surface area (Å²) in [5, 5.41) is 0. The Kier molecular flexibility index (Phi) is 6.95. The van der Waals surface area contributed by atoms with Gasteiger partial charge < -0.3 is 19.4 Å². The molecule has 0 unspecified atom stereocenters. The van der Waals surface area contributed by atoms with Crippen LogP contribution in [0.4, 0.5) is 5.69 Å². The van der Waals surface area contributed by atoms with E-state index < -0.39 is 5.54 Å². The maximum absolute atomic E-state index is 8.48. The van der Waals surface area contributed by atoms with Crippen molar-refractivity contribution in [2.75, 3.05) is 44.7 Å². The molecule has 4 nitrogen and oxygen atoms in total. The first-order chi connectivity index (χ1) is 16.6. The van der Waals surface area contributed by atoms with Crippen LogP contribution in [0.5, 0.6) is 0 Å². The van der Waals surface area contributed by atoms with Crippen molar-refractivity contribution in [2.45, 2.75) is 50.7 Å². The van der Waals surface area contributed by atoms with E-state index >= 15 is 0 Å². The van der Waals surface area contributed by atoms with Gasteiger partial charge in [0.2, 0.25) is 0 Å². The monoisotopic (exact) mass is 457 g/mol. The Bertz CT molecular complexity index is 970. The van der Waals surface area contributed by atoms with Crippen LogP contribution in [0.2, 0.25) is 0 Å². The molecule has 1 aliphatic carbocycles. The van der Waals surface area contributed by atoms with Crippen molar-refractivity contribution in [3.63, 3.8) is 0 Å². The second-order valence-electron chi connectivity index (χ2n) is 10.8. The van der Waals surface area contributed by atoms with E-state index in [1.807, 2.05) is 7.11 Å². The first kappa shape index (κ1) is 23.4. The van der Waals surface area contributed by atoms with E-state index in [1.54, 1.807) is 0 Å². The van der Waals surface area contributed by atoms with Gasteiger partial charge in [0.05, 0.1) is 12.0 Å². The third kappa shape index (κ3) is 4.37. The van der Waals surface area contributed by atoms with Gasteiger partial charge >= 0.3 is 0 Å². The van der Waals surface area contributed by atoms with Gasteiger partial charge in [0.1, 0.15) is 0 Å². The van der Waals surface area contributed by atoms with E-state index in [-0.39, 0.29) is 6.10 Å². The molecule has 3 fully saturated rings. The number of likely N-dealkylation sites (tertiary alicyclic amines) is 1. The Labute approximate surface area is 205 Å². The molecule has 0 amide bonds. The van der Waals surface area contributed by atoms with Crippen LogP contribution in [0.25, 0.3) is 4.85 Å². The number of aryl methyl sites for hydroxylation is 1. The van der Waals surface area contributed by atoms with Crippen LogP contribution in [-0.2, 0) is 10.3 Å². The number of anilines is 1. The number of hydrogen-bond donors (Lipinski definition) is 0. The van der Waals surface area contributed by atoms with Gasteiger partial charge in [0.25, 0.3) is 5.54 Å². The Morgan fingerprint density at radius 2 is 1.68 bits per heavy atom. The Hall–Kier alpha value is -2.35. The minimum absolute atomic E-state index is 0.204. The van der Waals surface area contributed by atoms with E-state index in [2.05, 4.69) is 76.2 Å². The third-order valence-electron chi connectivity index (χ3n) is 8.82. The Balaban J connectivity index is 1.23. The van der Waals surface area contributed by atoms with Gasteiger partial charge in [-0.3, -0.25) is 0 Å². The van der Waals surface area contributed by atoms with Crippen LogP contribution >= 0.6 is 0 Å². The second-order valence-corrected chi connectivity index (χ2v) is 10.8. The molecule has 2 aliphatic heterocycles. The van der Waals surface area contributed by atoms with Crippen LogP contribution < -0.4 is 4.90 Å². The average Bonchev–Trinajstić information content (AvgIpc) is 3.34. The number of rotatable bonds is 7. The molecule has 2 aromatic carbocycles. The quantitative estimate of drug-likeness (QED) is 0.492. The van der Waals surface area contributed by atoms with Gasteiger partial charge in [-0.05, 0) is 57.8 Å². The van der Waals surface area contributed by atoms with Crippen LogP contribution in [-0.4, -0.2) is 50.8 Å². The van der Waals surface area contributed by atoms with E-state index in [9.17, 15) is 0 Å². The zero-order valence-corrected chi connectivity index (χ0v) is 20.8.